The van der Waals surface area contributed by atoms with Crippen LogP contribution in [-0.4, -0.2) is 37.4 Å². The quantitative estimate of drug-likeness (QED) is 0.527. The Hall–Kier alpha value is -0.380. The van der Waals surface area contributed by atoms with E-state index in [2.05, 4.69) is 22.8 Å². The van der Waals surface area contributed by atoms with E-state index >= 15 is 0 Å². The van der Waals surface area contributed by atoms with Crippen LogP contribution < -0.4 is 10.6 Å². The number of rotatable bonds is 3. The summed E-state index contributed by atoms with van der Waals surface area (Å²) in [7, 11) is 0. The Morgan fingerprint density at radius 2 is 2.38 bits per heavy atom. The molecule has 3 nitrogen and oxygen atoms in total. The molecule has 3 unspecified atom stereocenters. The molecule has 1 heterocycles. The van der Waals surface area contributed by atoms with E-state index in [1.165, 1.54) is 0 Å². The summed E-state index contributed by atoms with van der Waals surface area (Å²) in [4.78, 5) is 0. The maximum Gasteiger partial charge on any atom is 0.0556 e. The Bertz CT molecular complexity index is 193. The van der Waals surface area contributed by atoms with E-state index in [1.54, 1.807) is 0 Å². The third kappa shape index (κ3) is 1.93. The van der Waals surface area contributed by atoms with Gasteiger partial charge in [-0.15, -0.1) is 0 Å². The molecule has 0 aromatic carbocycles. The standard InChI is InChI=1S/C10H18N2O/c13-5-4-12-10-3-1-2-8-6-11-7-9(8)10/h1-2,8-13H,3-7H2. The highest BCUT2D eigenvalue weighted by atomic mass is 16.3. The summed E-state index contributed by atoms with van der Waals surface area (Å²) in [5.41, 5.74) is 0. The van der Waals surface area contributed by atoms with Crippen LogP contribution in [0.3, 0.4) is 0 Å². The molecule has 3 N–H and O–H groups in total. The van der Waals surface area contributed by atoms with Crippen molar-refractivity contribution in [2.24, 2.45) is 11.8 Å². The lowest BCUT2D eigenvalue weighted by Crippen LogP contribution is -2.42. The number of nitrogens with one attached hydrogen (secondary N) is 2. The Labute approximate surface area is 79.2 Å². The molecule has 13 heavy (non-hydrogen) atoms. The van der Waals surface area contributed by atoms with Crippen LogP contribution in [0.4, 0.5) is 0 Å². The van der Waals surface area contributed by atoms with Gasteiger partial charge in [-0.05, 0) is 18.3 Å². The van der Waals surface area contributed by atoms with Crippen LogP contribution >= 0.6 is 0 Å². The van der Waals surface area contributed by atoms with E-state index in [0.29, 0.717) is 12.0 Å². The van der Waals surface area contributed by atoms with Gasteiger partial charge in [0.1, 0.15) is 0 Å². The summed E-state index contributed by atoms with van der Waals surface area (Å²) in [6.07, 6.45) is 5.72. The summed E-state index contributed by atoms with van der Waals surface area (Å²) >= 11 is 0. The number of aliphatic hydroxyl groups is 1. The van der Waals surface area contributed by atoms with Gasteiger partial charge < -0.3 is 15.7 Å². The van der Waals surface area contributed by atoms with Gasteiger partial charge in [-0.3, -0.25) is 0 Å². The molecule has 2 aliphatic rings. The zero-order valence-electron chi connectivity index (χ0n) is 7.87. The van der Waals surface area contributed by atoms with Gasteiger partial charge >= 0.3 is 0 Å². The van der Waals surface area contributed by atoms with Crippen molar-refractivity contribution in [3.63, 3.8) is 0 Å². The third-order valence-electron chi connectivity index (χ3n) is 3.12. The second-order valence-corrected chi connectivity index (χ2v) is 3.93. The molecule has 0 aromatic rings. The van der Waals surface area contributed by atoms with Crippen LogP contribution in [0.1, 0.15) is 6.42 Å². The lowest BCUT2D eigenvalue weighted by atomic mass is 9.83. The summed E-state index contributed by atoms with van der Waals surface area (Å²) in [6.45, 7) is 3.21. The Kier molecular flexibility index (Phi) is 2.98. The molecule has 0 bridgehead atoms. The molecule has 1 aliphatic heterocycles. The van der Waals surface area contributed by atoms with Crippen molar-refractivity contribution < 1.29 is 5.11 Å². The van der Waals surface area contributed by atoms with Gasteiger partial charge in [-0.2, -0.15) is 0 Å². The summed E-state index contributed by atoms with van der Waals surface area (Å²) in [5, 5.41) is 15.6. The predicted molar refractivity (Wildman–Crippen MR) is 52.5 cm³/mol. The highest BCUT2D eigenvalue weighted by Crippen LogP contribution is 2.27. The Balaban J connectivity index is 1.92. The smallest absolute Gasteiger partial charge is 0.0556 e. The maximum absolute atomic E-state index is 8.74. The largest absolute Gasteiger partial charge is 0.395 e. The molecule has 1 fully saturated rings. The van der Waals surface area contributed by atoms with Gasteiger partial charge in [-0.25, -0.2) is 0 Å². The van der Waals surface area contributed by atoms with E-state index in [9.17, 15) is 0 Å². The number of hydrogen-bond donors (Lipinski definition) is 3. The van der Waals surface area contributed by atoms with Crippen molar-refractivity contribution in [1.82, 2.24) is 10.6 Å². The van der Waals surface area contributed by atoms with Crippen LogP contribution in [0.25, 0.3) is 0 Å². The third-order valence-corrected chi connectivity index (χ3v) is 3.12. The lowest BCUT2D eigenvalue weighted by Gasteiger charge is -2.29. The minimum atomic E-state index is 0.241. The van der Waals surface area contributed by atoms with Crippen LogP contribution in [0, 0.1) is 11.8 Å². The first-order valence-electron chi connectivity index (χ1n) is 5.13. The molecular weight excluding hydrogens is 164 g/mol. The molecule has 3 heteroatoms. The van der Waals surface area contributed by atoms with Crippen molar-refractivity contribution in [2.75, 3.05) is 26.2 Å². The Morgan fingerprint density at radius 3 is 3.23 bits per heavy atom. The molecule has 1 saturated heterocycles. The van der Waals surface area contributed by atoms with Crippen LogP contribution in [0.15, 0.2) is 12.2 Å². The molecule has 3 atom stereocenters. The van der Waals surface area contributed by atoms with Gasteiger partial charge in [0.05, 0.1) is 6.61 Å². The van der Waals surface area contributed by atoms with Crippen LogP contribution in [-0.2, 0) is 0 Å². The molecule has 0 spiro atoms. The monoisotopic (exact) mass is 182 g/mol. The molecule has 0 radical (unpaired) electrons. The molecule has 0 saturated carbocycles. The second kappa shape index (κ2) is 4.22. The summed E-state index contributed by atoms with van der Waals surface area (Å²) in [5.74, 6) is 1.45. The van der Waals surface area contributed by atoms with Gasteiger partial charge in [0.15, 0.2) is 0 Å². The minimum absolute atomic E-state index is 0.241. The van der Waals surface area contributed by atoms with Crippen LogP contribution in [0.2, 0.25) is 0 Å². The average Bonchev–Trinajstić information content (AvgIpc) is 2.62. The molecule has 0 aromatic heterocycles. The summed E-state index contributed by atoms with van der Waals surface area (Å²) < 4.78 is 0. The van der Waals surface area contributed by atoms with Gasteiger partial charge in [0, 0.05) is 25.7 Å². The normalized spacial score (nSPS) is 37.8. The summed E-state index contributed by atoms with van der Waals surface area (Å²) in [6, 6.07) is 0.567. The van der Waals surface area contributed by atoms with Gasteiger partial charge in [-0.1, -0.05) is 12.2 Å². The maximum atomic E-state index is 8.74. The van der Waals surface area contributed by atoms with E-state index in [1.807, 2.05) is 0 Å². The fourth-order valence-corrected chi connectivity index (χ4v) is 2.43. The van der Waals surface area contributed by atoms with Gasteiger partial charge in [0.25, 0.3) is 0 Å². The molecule has 74 valence electrons. The average molecular weight is 182 g/mol. The van der Waals surface area contributed by atoms with E-state index in [4.69, 9.17) is 5.11 Å². The topological polar surface area (TPSA) is 44.3 Å². The van der Waals surface area contributed by atoms with Crippen molar-refractivity contribution in [1.29, 1.82) is 0 Å². The zero-order valence-corrected chi connectivity index (χ0v) is 7.87. The predicted octanol–water partition coefficient (Wildman–Crippen LogP) is -0.268. The second-order valence-electron chi connectivity index (χ2n) is 3.93. The fourth-order valence-electron chi connectivity index (χ4n) is 2.43. The highest BCUT2D eigenvalue weighted by Gasteiger charge is 2.33. The molecule has 0 amide bonds. The van der Waals surface area contributed by atoms with Crippen molar-refractivity contribution >= 4 is 0 Å². The number of hydrogen-bond acceptors (Lipinski definition) is 3. The molecule has 1 aliphatic carbocycles. The molecular formula is C10H18N2O. The van der Waals surface area contributed by atoms with Crippen molar-refractivity contribution in [3.8, 4) is 0 Å². The number of aliphatic hydroxyl groups excluding tert-OH is 1. The Morgan fingerprint density at radius 1 is 1.46 bits per heavy atom. The first-order chi connectivity index (χ1) is 6.42. The van der Waals surface area contributed by atoms with Gasteiger partial charge in [0.2, 0.25) is 0 Å². The first-order valence-corrected chi connectivity index (χ1v) is 5.13. The highest BCUT2D eigenvalue weighted by molar-refractivity contribution is 5.07. The van der Waals surface area contributed by atoms with E-state index in [0.717, 1.165) is 32.0 Å². The fraction of sp³-hybridized carbons (Fsp3) is 0.800. The van der Waals surface area contributed by atoms with E-state index in [-0.39, 0.29) is 6.61 Å². The van der Waals surface area contributed by atoms with E-state index < -0.39 is 0 Å². The SMILES string of the molecule is OCCNC1CC=CC2CNCC21. The van der Waals surface area contributed by atoms with Crippen molar-refractivity contribution in [3.05, 3.63) is 12.2 Å². The minimum Gasteiger partial charge on any atom is -0.395 e. The van der Waals surface area contributed by atoms with Crippen molar-refractivity contribution in [2.45, 2.75) is 12.5 Å². The molecule has 2 rings (SSSR count). The first kappa shape index (κ1) is 9.19. The zero-order chi connectivity index (χ0) is 9.10. The van der Waals surface area contributed by atoms with Crippen LogP contribution in [0.5, 0.6) is 0 Å². The number of fused-ring (bicyclic) bond motifs is 1. The lowest BCUT2D eigenvalue weighted by molar-refractivity contribution is 0.258.